The summed E-state index contributed by atoms with van der Waals surface area (Å²) in [5.74, 6) is -0.326. The van der Waals surface area contributed by atoms with E-state index in [1.807, 2.05) is 26.0 Å². The molecule has 1 N–H and O–H groups in total. The minimum atomic E-state index is -0.956. The Hall–Kier alpha value is -0.580. The van der Waals surface area contributed by atoms with Gasteiger partial charge in [-0.05, 0) is 39.8 Å². The molecule has 1 rings (SSSR count). The van der Waals surface area contributed by atoms with Gasteiger partial charge < -0.3 is 4.74 Å². The summed E-state index contributed by atoms with van der Waals surface area (Å²) in [7, 11) is 0. The number of hydrogen-bond acceptors (Lipinski definition) is 3. The normalized spacial score (nSPS) is 14.3. The molecule has 0 aliphatic carbocycles. The summed E-state index contributed by atoms with van der Waals surface area (Å²) in [6.45, 7) is 7.87. The van der Waals surface area contributed by atoms with Crippen LogP contribution in [0, 0.1) is 0 Å². The zero-order valence-corrected chi connectivity index (χ0v) is 13.9. The Morgan fingerprint density at radius 3 is 2.63 bits per heavy atom. The summed E-state index contributed by atoms with van der Waals surface area (Å²) in [4.78, 5) is 12.3. The molecule has 1 unspecified atom stereocenters. The number of nitrogens with one attached hydrogen (secondary N) is 1. The lowest BCUT2D eigenvalue weighted by molar-refractivity contribution is -0.151. The van der Waals surface area contributed by atoms with Crippen LogP contribution in [-0.2, 0) is 15.1 Å². The van der Waals surface area contributed by atoms with Gasteiger partial charge in [0.25, 0.3) is 0 Å². The number of halogens is 2. The van der Waals surface area contributed by atoms with E-state index in [2.05, 4.69) is 21.2 Å². The molecule has 0 bridgehead atoms. The fourth-order valence-corrected chi connectivity index (χ4v) is 2.86. The third kappa shape index (κ3) is 3.94. The smallest absolute Gasteiger partial charge is 0.330 e. The van der Waals surface area contributed by atoms with E-state index >= 15 is 0 Å². The Bertz CT molecular complexity index is 465. The van der Waals surface area contributed by atoms with Crippen LogP contribution in [0.2, 0.25) is 5.02 Å². The van der Waals surface area contributed by atoms with Crippen LogP contribution in [-0.4, -0.2) is 18.6 Å². The number of esters is 1. The summed E-state index contributed by atoms with van der Waals surface area (Å²) in [5.41, 5.74) is -0.244. The van der Waals surface area contributed by atoms with Gasteiger partial charge in [-0.2, -0.15) is 0 Å². The number of carbonyl (C=O) groups is 1. The minimum Gasteiger partial charge on any atom is -0.464 e. The topological polar surface area (TPSA) is 38.3 Å². The molecule has 0 spiro atoms. The highest BCUT2D eigenvalue weighted by Crippen LogP contribution is 2.32. The average Bonchev–Trinajstić information content (AvgIpc) is 2.27. The Balaban J connectivity index is 3.26. The van der Waals surface area contributed by atoms with Gasteiger partial charge in [0, 0.05) is 21.1 Å². The van der Waals surface area contributed by atoms with Crippen LogP contribution in [0.15, 0.2) is 22.7 Å². The minimum absolute atomic E-state index is 0.120. The van der Waals surface area contributed by atoms with Gasteiger partial charge in [-0.15, -0.1) is 0 Å². The van der Waals surface area contributed by atoms with Crippen molar-refractivity contribution in [3.05, 3.63) is 33.3 Å². The van der Waals surface area contributed by atoms with E-state index in [-0.39, 0.29) is 12.0 Å². The first kappa shape index (κ1) is 16.5. The van der Waals surface area contributed by atoms with E-state index in [0.29, 0.717) is 17.2 Å². The van der Waals surface area contributed by atoms with Crippen LogP contribution < -0.4 is 5.32 Å². The number of benzene rings is 1. The van der Waals surface area contributed by atoms with Crippen molar-refractivity contribution >= 4 is 33.5 Å². The summed E-state index contributed by atoms with van der Waals surface area (Å²) in [6.07, 6.45) is 0. The molecule has 1 atom stereocenters. The largest absolute Gasteiger partial charge is 0.464 e. The summed E-state index contributed by atoms with van der Waals surface area (Å²) >= 11 is 9.62. The Labute approximate surface area is 127 Å². The fourth-order valence-electron chi connectivity index (χ4n) is 1.99. The van der Waals surface area contributed by atoms with E-state index in [0.717, 1.165) is 4.47 Å². The zero-order valence-electron chi connectivity index (χ0n) is 11.6. The van der Waals surface area contributed by atoms with E-state index < -0.39 is 5.54 Å². The molecule has 0 aliphatic rings. The van der Waals surface area contributed by atoms with Crippen LogP contribution >= 0.6 is 27.5 Å². The van der Waals surface area contributed by atoms with Gasteiger partial charge in [0.15, 0.2) is 0 Å². The molecule has 0 amide bonds. The first-order valence-electron chi connectivity index (χ1n) is 6.21. The van der Waals surface area contributed by atoms with E-state index in [9.17, 15) is 4.79 Å². The molecule has 106 valence electrons. The molecule has 19 heavy (non-hydrogen) atoms. The van der Waals surface area contributed by atoms with Gasteiger partial charge >= 0.3 is 5.97 Å². The molecular formula is C14H19BrClNO2. The molecule has 0 heterocycles. The van der Waals surface area contributed by atoms with Crippen molar-refractivity contribution in [2.45, 2.75) is 39.3 Å². The van der Waals surface area contributed by atoms with Crippen LogP contribution in [0.3, 0.4) is 0 Å². The van der Waals surface area contributed by atoms with Crippen molar-refractivity contribution in [1.29, 1.82) is 0 Å². The second-order valence-corrected chi connectivity index (χ2v) is 6.09. The number of ether oxygens (including phenoxy) is 1. The van der Waals surface area contributed by atoms with E-state index in [1.54, 1.807) is 19.9 Å². The maximum Gasteiger partial charge on any atom is 0.330 e. The maximum atomic E-state index is 12.3. The van der Waals surface area contributed by atoms with E-state index in [4.69, 9.17) is 16.3 Å². The molecule has 3 nitrogen and oxygen atoms in total. The van der Waals surface area contributed by atoms with Crippen LogP contribution in [0.25, 0.3) is 0 Å². The second-order valence-electron chi connectivity index (χ2n) is 4.77. The lowest BCUT2D eigenvalue weighted by Crippen LogP contribution is -2.50. The molecule has 1 aromatic rings. The molecule has 0 radical (unpaired) electrons. The monoisotopic (exact) mass is 347 g/mol. The lowest BCUT2D eigenvalue weighted by atomic mass is 9.91. The number of carbonyl (C=O) groups excluding carboxylic acids is 1. The molecule has 0 aliphatic heterocycles. The quantitative estimate of drug-likeness (QED) is 0.821. The standard InChI is InChI=1S/C14H19BrClNO2/c1-5-19-13(18)14(4,17-9(2)3)11-7-6-10(15)8-12(11)16/h6-9,17H,5H2,1-4H3. The van der Waals surface area contributed by atoms with Crippen LogP contribution in [0.5, 0.6) is 0 Å². The van der Waals surface area contributed by atoms with Gasteiger partial charge in [0.2, 0.25) is 0 Å². The van der Waals surface area contributed by atoms with Gasteiger partial charge in [-0.1, -0.05) is 33.6 Å². The summed E-state index contributed by atoms with van der Waals surface area (Å²) in [5, 5.41) is 3.77. The Morgan fingerprint density at radius 2 is 2.16 bits per heavy atom. The van der Waals surface area contributed by atoms with Crippen molar-refractivity contribution in [3.8, 4) is 0 Å². The van der Waals surface area contributed by atoms with Crippen molar-refractivity contribution in [1.82, 2.24) is 5.32 Å². The predicted molar refractivity (Wildman–Crippen MR) is 81.4 cm³/mol. The van der Waals surface area contributed by atoms with Crippen molar-refractivity contribution in [2.24, 2.45) is 0 Å². The highest BCUT2D eigenvalue weighted by Gasteiger charge is 2.38. The third-order valence-electron chi connectivity index (χ3n) is 2.73. The van der Waals surface area contributed by atoms with Crippen LogP contribution in [0.1, 0.15) is 33.3 Å². The molecule has 0 fully saturated rings. The molecule has 0 aromatic heterocycles. The van der Waals surface area contributed by atoms with Gasteiger partial charge in [-0.3, -0.25) is 5.32 Å². The van der Waals surface area contributed by atoms with Gasteiger partial charge in [0.1, 0.15) is 5.54 Å². The predicted octanol–water partition coefficient (Wildman–Crippen LogP) is 3.88. The van der Waals surface area contributed by atoms with Gasteiger partial charge in [-0.25, -0.2) is 4.79 Å². The molecule has 5 heteroatoms. The average molecular weight is 349 g/mol. The first-order chi connectivity index (χ1) is 8.81. The number of rotatable bonds is 5. The van der Waals surface area contributed by atoms with Crippen molar-refractivity contribution < 1.29 is 9.53 Å². The highest BCUT2D eigenvalue weighted by molar-refractivity contribution is 9.10. The summed E-state index contributed by atoms with van der Waals surface area (Å²) < 4.78 is 6.05. The Kier molecular flexibility index (Phi) is 5.83. The molecular weight excluding hydrogens is 330 g/mol. The molecule has 0 saturated heterocycles. The maximum absolute atomic E-state index is 12.3. The lowest BCUT2D eigenvalue weighted by Gasteiger charge is -2.31. The fraction of sp³-hybridized carbons (Fsp3) is 0.500. The van der Waals surface area contributed by atoms with Gasteiger partial charge in [0.05, 0.1) is 6.61 Å². The van der Waals surface area contributed by atoms with Crippen molar-refractivity contribution in [3.63, 3.8) is 0 Å². The SMILES string of the molecule is CCOC(=O)C(C)(NC(C)C)c1ccc(Br)cc1Cl. The van der Waals surface area contributed by atoms with Crippen LogP contribution in [0.4, 0.5) is 0 Å². The first-order valence-corrected chi connectivity index (χ1v) is 7.38. The second kappa shape index (κ2) is 6.73. The highest BCUT2D eigenvalue weighted by atomic mass is 79.9. The number of hydrogen-bond donors (Lipinski definition) is 1. The molecule has 0 saturated carbocycles. The third-order valence-corrected chi connectivity index (χ3v) is 3.54. The molecule has 1 aromatic carbocycles. The van der Waals surface area contributed by atoms with Crippen molar-refractivity contribution in [2.75, 3.05) is 6.61 Å². The Morgan fingerprint density at radius 1 is 1.53 bits per heavy atom. The zero-order chi connectivity index (χ0) is 14.6. The summed E-state index contributed by atoms with van der Waals surface area (Å²) in [6, 6.07) is 5.59. The van der Waals surface area contributed by atoms with E-state index in [1.165, 1.54) is 0 Å².